The average Bonchev–Trinajstić information content (AvgIpc) is 2.91. The Kier molecular flexibility index (Phi) is 13.0. The highest BCUT2D eigenvalue weighted by atomic mass is 28.4. The van der Waals surface area contributed by atoms with Crippen LogP contribution in [0, 0.1) is 5.92 Å². The van der Waals surface area contributed by atoms with E-state index in [4.69, 9.17) is 8.85 Å². The zero-order chi connectivity index (χ0) is 23.7. The van der Waals surface area contributed by atoms with Crippen LogP contribution in [-0.2, 0) is 8.85 Å². The molecule has 2 aromatic rings. The summed E-state index contributed by atoms with van der Waals surface area (Å²) in [7, 11) is -2.73. The first kappa shape index (κ1) is 27.2. The Balaban J connectivity index is 1.57. The van der Waals surface area contributed by atoms with Crippen molar-refractivity contribution in [2.75, 3.05) is 13.2 Å². The van der Waals surface area contributed by atoms with Crippen molar-refractivity contribution in [3.63, 3.8) is 0 Å². The fraction of sp³-hybridized carbons (Fsp3) is 0.613. The molecule has 0 radical (unpaired) electrons. The molecule has 0 aliphatic heterocycles. The molecule has 0 heterocycles. The molecule has 1 aliphatic rings. The Morgan fingerprint density at radius 3 is 1.65 bits per heavy atom. The molecule has 0 spiro atoms. The van der Waals surface area contributed by atoms with Crippen molar-refractivity contribution in [1.82, 2.24) is 0 Å². The molecule has 1 fully saturated rings. The van der Waals surface area contributed by atoms with Gasteiger partial charge in [0.15, 0.2) is 0 Å². The maximum Gasteiger partial charge on any atom is 0.407 e. The standard InChI is InChI=1S/C31H48O2Si/c1-2-3-4-5-6-7-8-9-10-20-27-32-34(30-23-16-12-17-24-30,31-25-18-13-19-26-31)33-28-29-21-14-11-15-22-29/h12-13,16-19,23-26,29H,2-11,14-15,20-22,27-28H2,1H3. The normalized spacial score (nSPS) is 15.0. The number of hydrogen-bond acceptors (Lipinski definition) is 2. The van der Waals surface area contributed by atoms with E-state index in [2.05, 4.69) is 67.6 Å². The van der Waals surface area contributed by atoms with Gasteiger partial charge in [0.2, 0.25) is 0 Å². The molecule has 3 rings (SSSR count). The van der Waals surface area contributed by atoms with Gasteiger partial charge in [-0.3, -0.25) is 0 Å². The summed E-state index contributed by atoms with van der Waals surface area (Å²) < 4.78 is 13.8. The van der Waals surface area contributed by atoms with Gasteiger partial charge in [-0.05, 0) is 35.6 Å². The molecule has 3 heteroatoms. The number of rotatable bonds is 17. The van der Waals surface area contributed by atoms with Crippen LogP contribution in [0.4, 0.5) is 0 Å². The van der Waals surface area contributed by atoms with E-state index in [1.807, 2.05) is 0 Å². The molecule has 188 valence electrons. The summed E-state index contributed by atoms with van der Waals surface area (Å²) in [5.41, 5.74) is 0. The fourth-order valence-corrected chi connectivity index (χ4v) is 8.50. The molecule has 0 atom stereocenters. The van der Waals surface area contributed by atoms with Crippen LogP contribution >= 0.6 is 0 Å². The molecule has 0 N–H and O–H groups in total. The van der Waals surface area contributed by atoms with Gasteiger partial charge in [0.05, 0.1) is 0 Å². The third-order valence-corrected chi connectivity index (χ3v) is 10.7. The molecule has 0 amide bonds. The number of hydrogen-bond donors (Lipinski definition) is 0. The third-order valence-electron chi connectivity index (χ3n) is 7.36. The van der Waals surface area contributed by atoms with E-state index < -0.39 is 8.56 Å². The van der Waals surface area contributed by atoms with Crippen LogP contribution in [0.15, 0.2) is 60.7 Å². The van der Waals surface area contributed by atoms with Crippen LogP contribution in [-0.4, -0.2) is 21.8 Å². The summed E-state index contributed by atoms with van der Waals surface area (Å²) in [6, 6.07) is 21.6. The monoisotopic (exact) mass is 480 g/mol. The molecule has 1 saturated carbocycles. The predicted octanol–water partition coefficient (Wildman–Crippen LogP) is 7.78. The molecular weight excluding hydrogens is 432 g/mol. The van der Waals surface area contributed by atoms with Gasteiger partial charge >= 0.3 is 8.56 Å². The Hall–Kier alpha value is -1.42. The number of benzene rings is 2. The van der Waals surface area contributed by atoms with E-state index in [-0.39, 0.29) is 0 Å². The van der Waals surface area contributed by atoms with Gasteiger partial charge in [-0.15, -0.1) is 0 Å². The Labute approximate surface area is 210 Å². The molecule has 34 heavy (non-hydrogen) atoms. The Bertz CT molecular complexity index is 703. The van der Waals surface area contributed by atoms with Crippen LogP contribution in [0.1, 0.15) is 103 Å². The molecule has 1 aliphatic carbocycles. The first-order valence-corrected chi connectivity index (χ1v) is 16.1. The second kappa shape index (κ2) is 16.3. The van der Waals surface area contributed by atoms with E-state index in [9.17, 15) is 0 Å². The second-order valence-electron chi connectivity index (χ2n) is 10.2. The lowest BCUT2D eigenvalue weighted by Gasteiger charge is -2.34. The molecule has 0 bridgehead atoms. The SMILES string of the molecule is CCCCCCCCCCCCO[Si](OCC1CCCCC1)(c1ccccc1)c1ccccc1. The Morgan fingerprint density at radius 2 is 1.12 bits per heavy atom. The minimum absolute atomic E-state index is 0.675. The highest BCUT2D eigenvalue weighted by Crippen LogP contribution is 2.25. The first-order chi connectivity index (χ1) is 16.8. The topological polar surface area (TPSA) is 18.5 Å². The summed E-state index contributed by atoms with van der Waals surface area (Å²) in [6.45, 7) is 3.90. The highest BCUT2D eigenvalue weighted by molar-refractivity contribution is 6.92. The van der Waals surface area contributed by atoms with Gasteiger partial charge in [-0.1, -0.05) is 145 Å². The van der Waals surface area contributed by atoms with Crippen molar-refractivity contribution in [3.8, 4) is 0 Å². The molecule has 0 unspecified atom stereocenters. The molecule has 2 nitrogen and oxygen atoms in total. The lowest BCUT2D eigenvalue weighted by molar-refractivity contribution is 0.146. The Morgan fingerprint density at radius 1 is 0.618 bits per heavy atom. The van der Waals surface area contributed by atoms with Gasteiger partial charge in [-0.25, -0.2) is 0 Å². The lowest BCUT2D eigenvalue weighted by Crippen LogP contribution is -2.64. The summed E-state index contributed by atoms with van der Waals surface area (Å²) in [5, 5.41) is 2.48. The molecule has 2 aromatic carbocycles. The van der Waals surface area contributed by atoms with Crippen LogP contribution in [0.5, 0.6) is 0 Å². The average molecular weight is 481 g/mol. The maximum absolute atomic E-state index is 6.95. The highest BCUT2D eigenvalue weighted by Gasteiger charge is 2.43. The fourth-order valence-electron chi connectivity index (χ4n) is 5.25. The van der Waals surface area contributed by atoms with Crippen molar-refractivity contribution in [2.45, 2.75) is 103 Å². The first-order valence-electron chi connectivity index (χ1n) is 14.2. The van der Waals surface area contributed by atoms with Crippen molar-refractivity contribution in [3.05, 3.63) is 60.7 Å². The third kappa shape index (κ3) is 8.98. The van der Waals surface area contributed by atoms with E-state index in [1.165, 1.54) is 100 Å². The van der Waals surface area contributed by atoms with Gasteiger partial charge in [0.1, 0.15) is 0 Å². The molecular formula is C31H48O2Si. The van der Waals surface area contributed by atoms with Crippen molar-refractivity contribution in [1.29, 1.82) is 0 Å². The van der Waals surface area contributed by atoms with Crippen molar-refractivity contribution < 1.29 is 8.85 Å². The van der Waals surface area contributed by atoms with Gasteiger partial charge in [0, 0.05) is 13.2 Å². The van der Waals surface area contributed by atoms with E-state index in [0.29, 0.717) is 5.92 Å². The largest absolute Gasteiger partial charge is 0.407 e. The quantitative estimate of drug-likeness (QED) is 0.170. The lowest BCUT2D eigenvalue weighted by atomic mass is 9.90. The van der Waals surface area contributed by atoms with Gasteiger partial charge < -0.3 is 8.85 Å². The molecule has 0 aromatic heterocycles. The van der Waals surface area contributed by atoms with Crippen molar-refractivity contribution in [2.24, 2.45) is 5.92 Å². The number of unbranched alkanes of at least 4 members (excludes halogenated alkanes) is 9. The second-order valence-corrected chi connectivity index (χ2v) is 13.2. The zero-order valence-corrected chi connectivity index (χ0v) is 22.7. The summed E-state index contributed by atoms with van der Waals surface area (Å²) in [6.07, 6.45) is 20.1. The van der Waals surface area contributed by atoms with E-state index in [1.54, 1.807) is 0 Å². The smallest absolute Gasteiger partial charge is 0.388 e. The van der Waals surface area contributed by atoms with Crippen molar-refractivity contribution >= 4 is 18.9 Å². The summed E-state index contributed by atoms with van der Waals surface area (Å²) in [4.78, 5) is 0. The van der Waals surface area contributed by atoms with Gasteiger partial charge in [0.25, 0.3) is 0 Å². The van der Waals surface area contributed by atoms with Crippen LogP contribution < -0.4 is 10.4 Å². The van der Waals surface area contributed by atoms with Crippen LogP contribution in [0.3, 0.4) is 0 Å². The maximum atomic E-state index is 6.95. The summed E-state index contributed by atoms with van der Waals surface area (Å²) in [5.74, 6) is 0.675. The minimum atomic E-state index is -2.73. The summed E-state index contributed by atoms with van der Waals surface area (Å²) >= 11 is 0. The zero-order valence-electron chi connectivity index (χ0n) is 21.7. The van der Waals surface area contributed by atoms with Crippen LogP contribution in [0.2, 0.25) is 0 Å². The van der Waals surface area contributed by atoms with E-state index in [0.717, 1.165) is 19.6 Å². The van der Waals surface area contributed by atoms with E-state index >= 15 is 0 Å². The predicted molar refractivity (Wildman–Crippen MR) is 148 cm³/mol. The van der Waals surface area contributed by atoms with Crippen LogP contribution in [0.25, 0.3) is 0 Å². The minimum Gasteiger partial charge on any atom is -0.388 e. The molecule has 0 saturated heterocycles. The van der Waals surface area contributed by atoms with Gasteiger partial charge in [-0.2, -0.15) is 0 Å².